The molecule has 0 radical (unpaired) electrons. The molecular weight excluding hydrogens is 877 g/mol. The highest BCUT2D eigenvalue weighted by molar-refractivity contribution is 6.11. The lowest BCUT2D eigenvalue weighted by molar-refractivity contribution is 0.0661. The van der Waals surface area contributed by atoms with Gasteiger partial charge >= 0.3 is 0 Å². The molecule has 4 bridgehead atoms. The Bertz CT molecular complexity index is 3650. The Hall–Kier alpha value is -6.24. The lowest BCUT2D eigenvalue weighted by Crippen LogP contribution is -2.76. The van der Waals surface area contributed by atoms with Crippen molar-refractivity contribution in [1.29, 1.82) is 0 Å². The number of hydrogen-bond donors (Lipinski definition) is 0. The van der Waals surface area contributed by atoms with Gasteiger partial charge in [0, 0.05) is 10.8 Å². The Morgan fingerprint density at radius 2 is 1.11 bits per heavy atom. The molecule has 0 nitrogen and oxygen atoms in total. The van der Waals surface area contributed by atoms with Crippen LogP contribution in [0.15, 0.2) is 150 Å². The highest BCUT2D eigenvalue weighted by atomic mass is 14.8. The van der Waals surface area contributed by atoms with Crippen molar-refractivity contribution in [3.63, 3.8) is 0 Å². The maximum atomic E-state index is 2.55. The monoisotopic (exact) mass is 959 g/mol. The molecule has 0 saturated heterocycles. The van der Waals surface area contributed by atoms with Gasteiger partial charge in [-0.15, -0.1) is 0 Å². The van der Waals surface area contributed by atoms with Crippen LogP contribution in [0.1, 0.15) is 156 Å². The molecule has 0 aromatic heterocycles. The fourth-order valence-corrected chi connectivity index (χ4v) is 14.3. The first-order valence-electron chi connectivity index (χ1n) is 28.1. The maximum absolute atomic E-state index is 2.55. The van der Waals surface area contributed by atoms with E-state index in [1.165, 1.54) is 134 Å². The molecule has 3 unspecified atom stereocenters. The van der Waals surface area contributed by atoms with E-state index in [-0.39, 0.29) is 5.41 Å². The summed E-state index contributed by atoms with van der Waals surface area (Å²) in [6.07, 6.45) is 14.3. The molecule has 0 N–H and O–H groups in total. The summed E-state index contributed by atoms with van der Waals surface area (Å²) in [7, 11) is 0. The molecule has 14 rings (SSSR count). The molecule has 73 heavy (non-hydrogen) atoms. The normalized spacial score (nSPS) is 19.3. The largest absolute Gasteiger partial charge is 0.0840 e. The van der Waals surface area contributed by atoms with Crippen LogP contribution in [0.5, 0.6) is 0 Å². The highest BCUT2D eigenvalue weighted by Crippen LogP contribution is 2.84. The zero-order valence-corrected chi connectivity index (χ0v) is 47.6. The molecule has 8 aromatic rings. The molecule has 6 aliphatic rings. The molecule has 1 saturated carbocycles. The molecule has 0 heteroatoms. The summed E-state index contributed by atoms with van der Waals surface area (Å²) in [5.74, 6) is 1.25. The first-order valence-corrected chi connectivity index (χ1v) is 28.1. The molecule has 6 aliphatic carbocycles. The maximum Gasteiger partial charge on any atom is 0.0374 e. The SMILES string of the molecule is CC.CC.CC.CC1=C(Cc2c(C)c(C)cc(C)c2-c2cc3c(ccc4ccccc43)cc2C)CCC=C1.Cc1cc2ccc3cc(C(C)C)ccc3c2cc1-c1c(C)cc(C)c2c1C1(C)C3=C4CC(C=C3)C421. The van der Waals surface area contributed by atoms with Crippen LogP contribution in [0.2, 0.25) is 0 Å². The third-order valence-corrected chi connectivity index (χ3v) is 17.8. The van der Waals surface area contributed by atoms with Gasteiger partial charge < -0.3 is 0 Å². The minimum atomic E-state index is 0.202. The molecule has 1 fully saturated rings. The van der Waals surface area contributed by atoms with Crippen LogP contribution in [-0.4, -0.2) is 0 Å². The van der Waals surface area contributed by atoms with E-state index < -0.39 is 0 Å². The van der Waals surface area contributed by atoms with E-state index in [0.29, 0.717) is 17.3 Å². The second-order valence-corrected chi connectivity index (χ2v) is 21.8. The number of fused-ring (bicyclic) bond motifs is 7. The van der Waals surface area contributed by atoms with Crippen LogP contribution < -0.4 is 0 Å². The number of aryl methyl sites for hydroxylation is 6. The zero-order chi connectivity index (χ0) is 52.4. The Morgan fingerprint density at radius 3 is 1.73 bits per heavy atom. The first-order chi connectivity index (χ1) is 35.2. The summed E-state index contributed by atoms with van der Waals surface area (Å²) in [4.78, 5) is 0. The van der Waals surface area contributed by atoms with Crippen molar-refractivity contribution in [2.45, 2.75) is 160 Å². The van der Waals surface area contributed by atoms with Crippen molar-refractivity contribution in [2.75, 3.05) is 0 Å². The van der Waals surface area contributed by atoms with Crippen LogP contribution in [0.3, 0.4) is 0 Å². The number of allylic oxidation sites excluding steroid dienone is 8. The second kappa shape index (κ2) is 19.9. The van der Waals surface area contributed by atoms with E-state index in [1.54, 1.807) is 27.8 Å². The van der Waals surface area contributed by atoms with Gasteiger partial charge in [-0.2, -0.15) is 0 Å². The van der Waals surface area contributed by atoms with E-state index in [4.69, 9.17) is 0 Å². The lowest BCUT2D eigenvalue weighted by atomic mass is 9.22. The van der Waals surface area contributed by atoms with Crippen molar-refractivity contribution < 1.29 is 0 Å². The second-order valence-electron chi connectivity index (χ2n) is 21.8. The van der Waals surface area contributed by atoms with Gasteiger partial charge in [-0.1, -0.05) is 194 Å². The van der Waals surface area contributed by atoms with Gasteiger partial charge in [-0.3, -0.25) is 0 Å². The number of benzene rings is 8. The van der Waals surface area contributed by atoms with Gasteiger partial charge in [0.1, 0.15) is 0 Å². The Morgan fingerprint density at radius 1 is 0.534 bits per heavy atom. The molecule has 374 valence electrons. The van der Waals surface area contributed by atoms with E-state index >= 15 is 0 Å². The van der Waals surface area contributed by atoms with Crippen LogP contribution in [0, 0.1) is 54.4 Å². The summed E-state index contributed by atoms with van der Waals surface area (Å²) >= 11 is 0. The minimum absolute atomic E-state index is 0.202. The fourth-order valence-electron chi connectivity index (χ4n) is 14.3. The van der Waals surface area contributed by atoms with Crippen LogP contribution in [-0.2, 0) is 17.3 Å². The predicted molar refractivity (Wildman–Crippen MR) is 323 cm³/mol. The topological polar surface area (TPSA) is 0 Å². The van der Waals surface area contributed by atoms with Crippen LogP contribution >= 0.6 is 0 Å². The van der Waals surface area contributed by atoms with Gasteiger partial charge in [0.15, 0.2) is 0 Å². The Labute approximate surface area is 440 Å². The van der Waals surface area contributed by atoms with E-state index in [1.807, 2.05) is 41.5 Å². The van der Waals surface area contributed by atoms with Crippen molar-refractivity contribution >= 4 is 43.1 Å². The summed E-state index contributed by atoms with van der Waals surface area (Å²) in [6.45, 7) is 37.5. The zero-order valence-electron chi connectivity index (χ0n) is 47.6. The third kappa shape index (κ3) is 7.66. The molecule has 0 aliphatic heterocycles. The third-order valence-electron chi connectivity index (χ3n) is 17.8. The molecule has 0 heterocycles. The molecular formula is C73H82. The summed E-state index contributed by atoms with van der Waals surface area (Å²) in [5, 5.41) is 10.8. The van der Waals surface area contributed by atoms with Gasteiger partial charge in [0.25, 0.3) is 0 Å². The standard InChI is InChI=1S/C35H32.C32H32.3C2H6/c1-18(2)22-9-11-26-24(15-22)8-7-23-14-19(3)27(17-28(23)26)31-20(4)13-21(5)32-33(31)34(6)29-12-10-25-16-30(29)35(25,32)34;1-20-10-6-7-12-26(20)18-30-24(5)21(2)16-23(4)32(30)29-19-31-27(17-22(29)3)15-14-25-11-8-9-13-28(25)31;3*1-2/h7-15,17-18,25H,16H2,1-6H3;6,8-11,13-17,19H,7,12,18H2,1-5H3;3*1-2H3. The average Bonchev–Trinajstić information content (AvgIpc) is 3.40. The fraction of sp³-hybridized carbons (Fsp3) is 0.342. The van der Waals surface area contributed by atoms with E-state index in [0.717, 1.165) is 12.8 Å². The van der Waals surface area contributed by atoms with Gasteiger partial charge in [0.05, 0.1) is 0 Å². The predicted octanol–water partition coefficient (Wildman–Crippen LogP) is 21.3. The van der Waals surface area contributed by atoms with Crippen LogP contribution in [0.25, 0.3) is 65.3 Å². The summed E-state index contributed by atoms with van der Waals surface area (Å²) in [6, 6.07) is 39.6. The summed E-state index contributed by atoms with van der Waals surface area (Å²) in [5.41, 5.74) is 28.8. The first kappa shape index (κ1) is 51.7. The van der Waals surface area contributed by atoms with E-state index in [2.05, 4.69) is 204 Å². The van der Waals surface area contributed by atoms with Crippen molar-refractivity contribution in [2.24, 2.45) is 5.92 Å². The lowest BCUT2D eigenvalue weighted by Gasteiger charge is -2.79. The average molecular weight is 959 g/mol. The number of hydrogen-bond acceptors (Lipinski definition) is 0. The molecule has 3 atom stereocenters. The van der Waals surface area contributed by atoms with Crippen LogP contribution in [0.4, 0.5) is 0 Å². The molecule has 1 spiro atoms. The summed E-state index contributed by atoms with van der Waals surface area (Å²) < 4.78 is 0. The van der Waals surface area contributed by atoms with Crippen molar-refractivity contribution in [3.05, 3.63) is 211 Å². The molecule has 0 amide bonds. The molecule has 8 aromatic carbocycles. The minimum Gasteiger partial charge on any atom is -0.0840 e. The van der Waals surface area contributed by atoms with Crippen molar-refractivity contribution in [1.82, 2.24) is 0 Å². The van der Waals surface area contributed by atoms with Gasteiger partial charge in [-0.25, -0.2) is 0 Å². The number of rotatable bonds is 5. The van der Waals surface area contributed by atoms with Crippen molar-refractivity contribution in [3.8, 4) is 22.3 Å². The van der Waals surface area contributed by atoms with Gasteiger partial charge in [0.2, 0.25) is 0 Å². The van der Waals surface area contributed by atoms with Gasteiger partial charge in [-0.05, 0) is 237 Å². The smallest absolute Gasteiger partial charge is 0.0374 e. The quantitative estimate of drug-likeness (QED) is 0.151. The Balaban J connectivity index is 0.000000164. The van der Waals surface area contributed by atoms with E-state index in [9.17, 15) is 0 Å². The Kier molecular flexibility index (Phi) is 14.1. The highest BCUT2D eigenvalue weighted by Gasteiger charge is 2.79.